The molecule has 0 heterocycles. The molecule has 0 fully saturated rings. The molecular formula is C25H35N3O4S. The fraction of sp³-hybridized carbons (Fsp3) is 0.440. The van der Waals surface area contributed by atoms with Crippen LogP contribution in [0.15, 0.2) is 48.5 Å². The van der Waals surface area contributed by atoms with E-state index in [0.717, 1.165) is 33.7 Å². The van der Waals surface area contributed by atoms with Gasteiger partial charge in [-0.05, 0) is 56.9 Å². The number of aryl methyl sites for hydroxylation is 1. The number of hydrogen-bond acceptors (Lipinski definition) is 4. The molecular weight excluding hydrogens is 438 g/mol. The topological polar surface area (TPSA) is 86.8 Å². The molecule has 0 aliphatic carbocycles. The maximum atomic E-state index is 13.5. The maximum absolute atomic E-state index is 13.5. The lowest BCUT2D eigenvalue weighted by molar-refractivity contribution is -0.139. The summed E-state index contributed by atoms with van der Waals surface area (Å²) in [6.45, 7) is 9.06. The molecule has 2 rings (SSSR count). The summed E-state index contributed by atoms with van der Waals surface area (Å²) in [6.07, 6.45) is 1.85. The number of nitrogens with zero attached hydrogens (tertiary/aromatic N) is 2. The Balaban J connectivity index is 2.40. The average Bonchev–Trinajstić information content (AvgIpc) is 2.77. The lowest BCUT2D eigenvalue weighted by atomic mass is 10.1. The third kappa shape index (κ3) is 7.05. The summed E-state index contributed by atoms with van der Waals surface area (Å²) < 4.78 is 26.5. The first-order valence-electron chi connectivity index (χ1n) is 11.1. The van der Waals surface area contributed by atoms with E-state index < -0.39 is 28.5 Å². The van der Waals surface area contributed by atoms with Crippen molar-refractivity contribution in [1.29, 1.82) is 0 Å². The molecule has 2 amide bonds. The molecule has 0 radical (unpaired) electrons. The number of benzene rings is 2. The van der Waals surface area contributed by atoms with Crippen molar-refractivity contribution in [3.05, 3.63) is 65.2 Å². The Kier molecular flexibility index (Phi) is 9.05. The van der Waals surface area contributed by atoms with Gasteiger partial charge in [0.2, 0.25) is 21.8 Å². The summed E-state index contributed by atoms with van der Waals surface area (Å²) in [5.74, 6) is -0.719. The first kappa shape index (κ1) is 26.4. The van der Waals surface area contributed by atoms with Crippen LogP contribution in [0, 0.1) is 13.8 Å². The van der Waals surface area contributed by atoms with Crippen LogP contribution < -0.4 is 9.62 Å². The van der Waals surface area contributed by atoms with Gasteiger partial charge in [-0.1, -0.05) is 49.4 Å². The molecule has 180 valence electrons. The van der Waals surface area contributed by atoms with E-state index in [2.05, 4.69) is 5.32 Å². The highest BCUT2D eigenvalue weighted by Gasteiger charge is 2.31. The first-order chi connectivity index (χ1) is 15.5. The van der Waals surface area contributed by atoms with Crippen molar-refractivity contribution in [3.63, 3.8) is 0 Å². The van der Waals surface area contributed by atoms with Crippen LogP contribution in [0.4, 0.5) is 5.69 Å². The highest BCUT2D eigenvalue weighted by Crippen LogP contribution is 2.25. The van der Waals surface area contributed by atoms with E-state index in [1.165, 1.54) is 4.90 Å². The number of carbonyl (C=O) groups excluding carboxylic acids is 2. The van der Waals surface area contributed by atoms with E-state index in [-0.39, 0.29) is 18.5 Å². The van der Waals surface area contributed by atoms with Gasteiger partial charge < -0.3 is 10.2 Å². The number of amides is 2. The summed E-state index contributed by atoms with van der Waals surface area (Å²) >= 11 is 0. The number of hydrogen-bond donors (Lipinski definition) is 1. The number of nitrogens with one attached hydrogen (secondary N) is 1. The van der Waals surface area contributed by atoms with Gasteiger partial charge in [0, 0.05) is 12.6 Å². The molecule has 33 heavy (non-hydrogen) atoms. The fourth-order valence-electron chi connectivity index (χ4n) is 3.43. The van der Waals surface area contributed by atoms with E-state index in [9.17, 15) is 18.0 Å². The minimum atomic E-state index is -3.74. The van der Waals surface area contributed by atoms with Crippen LogP contribution in [-0.2, 0) is 26.2 Å². The van der Waals surface area contributed by atoms with Crippen molar-refractivity contribution in [2.75, 3.05) is 17.1 Å². The monoisotopic (exact) mass is 473 g/mol. The highest BCUT2D eigenvalue weighted by molar-refractivity contribution is 7.92. The van der Waals surface area contributed by atoms with Crippen molar-refractivity contribution in [3.8, 4) is 0 Å². The maximum Gasteiger partial charge on any atom is 0.244 e. The van der Waals surface area contributed by atoms with Crippen LogP contribution >= 0.6 is 0 Å². The molecule has 7 nitrogen and oxygen atoms in total. The smallest absolute Gasteiger partial charge is 0.244 e. The SMILES string of the molecule is CC[C@@H](C)NC(=O)[C@H](C)N(Cc1ccccc1)C(=O)CN(c1cccc(C)c1C)S(C)(=O)=O. The Morgan fingerprint density at radius 1 is 1.00 bits per heavy atom. The van der Waals surface area contributed by atoms with E-state index >= 15 is 0 Å². The Hall–Kier alpha value is -2.87. The zero-order chi connectivity index (χ0) is 24.8. The van der Waals surface area contributed by atoms with Gasteiger partial charge in [0.15, 0.2) is 0 Å². The van der Waals surface area contributed by atoms with Crippen molar-refractivity contribution in [2.24, 2.45) is 0 Å². The lowest BCUT2D eigenvalue weighted by Crippen LogP contribution is -2.52. The summed E-state index contributed by atoms with van der Waals surface area (Å²) in [5.41, 5.74) is 3.03. The molecule has 1 N–H and O–H groups in total. The van der Waals surface area contributed by atoms with Gasteiger partial charge in [0.25, 0.3) is 0 Å². The van der Waals surface area contributed by atoms with Crippen LogP contribution in [0.1, 0.15) is 43.9 Å². The molecule has 0 bridgehead atoms. The van der Waals surface area contributed by atoms with Crippen LogP contribution in [0.3, 0.4) is 0 Å². The van der Waals surface area contributed by atoms with E-state index in [1.807, 2.05) is 64.1 Å². The Morgan fingerprint density at radius 2 is 1.64 bits per heavy atom. The first-order valence-corrected chi connectivity index (χ1v) is 13.0. The molecule has 0 aliphatic heterocycles. The molecule has 8 heteroatoms. The van der Waals surface area contributed by atoms with Crippen LogP contribution in [0.25, 0.3) is 0 Å². The van der Waals surface area contributed by atoms with Gasteiger partial charge >= 0.3 is 0 Å². The summed E-state index contributed by atoms with van der Waals surface area (Å²) in [6, 6.07) is 13.9. The zero-order valence-electron chi connectivity index (χ0n) is 20.3. The second kappa shape index (κ2) is 11.3. The zero-order valence-corrected chi connectivity index (χ0v) is 21.1. The summed E-state index contributed by atoms with van der Waals surface area (Å²) in [4.78, 5) is 27.8. The molecule has 2 atom stereocenters. The molecule has 0 aliphatic rings. The normalized spacial score (nSPS) is 13.2. The second-order valence-electron chi connectivity index (χ2n) is 8.49. The molecule has 2 aromatic carbocycles. The molecule has 0 saturated carbocycles. The minimum Gasteiger partial charge on any atom is -0.352 e. The summed E-state index contributed by atoms with van der Waals surface area (Å²) in [7, 11) is -3.74. The number of sulfonamides is 1. The van der Waals surface area contributed by atoms with Crippen molar-refractivity contribution < 1.29 is 18.0 Å². The van der Waals surface area contributed by atoms with Crippen molar-refractivity contribution >= 4 is 27.5 Å². The van der Waals surface area contributed by atoms with Gasteiger partial charge in [-0.2, -0.15) is 0 Å². The third-order valence-electron chi connectivity index (χ3n) is 5.89. The minimum absolute atomic E-state index is 0.0314. The predicted octanol–water partition coefficient (Wildman–Crippen LogP) is 3.40. The van der Waals surface area contributed by atoms with Crippen LogP contribution in [0.2, 0.25) is 0 Å². The van der Waals surface area contributed by atoms with Gasteiger partial charge in [0.05, 0.1) is 11.9 Å². The van der Waals surface area contributed by atoms with Gasteiger partial charge in [-0.25, -0.2) is 8.42 Å². The van der Waals surface area contributed by atoms with Gasteiger partial charge in [-0.15, -0.1) is 0 Å². The molecule has 0 saturated heterocycles. The Labute approximate surface area is 197 Å². The third-order valence-corrected chi connectivity index (χ3v) is 7.01. The number of anilines is 1. The van der Waals surface area contributed by atoms with E-state index in [4.69, 9.17) is 0 Å². The molecule has 2 aromatic rings. The predicted molar refractivity (Wildman–Crippen MR) is 132 cm³/mol. The Bertz CT molecular complexity index is 1070. The second-order valence-corrected chi connectivity index (χ2v) is 10.4. The Morgan fingerprint density at radius 3 is 2.21 bits per heavy atom. The van der Waals surface area contributed by atoms with Gasteiger partial charge in [0.1, 0.15) is 12.6 Å². The fourth-order valence-corrected chi connectivity index (χ4v) is 4.33. The van der Waals surface area contributed by atoms with Gasteiger partial charge in [-0.3, -0.25) is 13.9 Å². The number of rotatable bonds is 10. The average molecular weight is 474 g/mol. The summed E-state index contributed by atoms with van der Waals surface area (Å²) in [5, 5.41) is 2.92. The molecule has 0 unspecified atom stereocenters. The largest absolute Gasteiger partial charge is 0.352 e. The molecule has 0 aromatic heterocycles. The van der Waals surface area contributed by atoms with Crippen molar-refractivity contribution in [1.82, 2.24) is 10.2 Å². The van der Waals surface area contributed by atoms with Crippen LogP contribution in [-0.4, -0.2) is 50.0 Å². The highest BCUT2D eigenvalue weighted by atomic mass is 32.2. The quantitative estimate of drug-likeness (QED) is 0.573. The number of carbonyl (C=O) groups is 2. The lowest BCUT2D eigenvalue weighted by Gasteiger charge is -2.32. The van der Waals surface area contributed by atoms with E-state index in [1.54, 1.807) is 19.1 Å². The molecule has 0 spiro atoms. The van der Waals surface area contributed by atoms with E-state index in [0.29, 0.717) is 5.69 Å². The van der Waals surface area contributed by atoms with Crippen LogP contribution in [0.5, 0.6) is 0 Å². The van der Waals surface area contributed by atoms with Crippen molar-refractivity contribution in [2.45, 2.75) is 59.7 Å². The standard InChI is InChI=1S/C25H35N3O4S/c1-7-19(3)26-25(30)21(5)27(16-22-13-9-8-10-14-22)24(29)17-28(33(6,31)32)23-15-11-12-18(2)20(23)4/h8-15,19,21H,7,16-17H2,1-6H3,(H,26,30)/t19-,21+/m1/s1.